The van der Waals surface area contributed by atoms with Crippen LogP contribution in [0.4, 0.5) is 0 Å². The number of ether oxygens (including phenoxy) is 6. The molecule has 0 aliphatic rings. The Labute approximate surface area is 150 Å². The van der Waals surface area contributed by atoms with Crippen molar-refractivity contribution in [1.82, 2.24) is 5.32 Å². The molecule has 152 valence electrons. The number of aliphatic hydroxyl groups is 2. The lowest BCUT2D eigenvalue weighted by molar-refractivity contribution is -0.0180. The van der Waals surface area contributed by atoms with Gasteiger partial charge >= 0.3 is 0 Å². The third-order valence-electron chi connectivity index (χ3n) is 2.81. The standard InChI is InChI=1S/C16H35NO8/c18-3-1-17-2-5-20-7-9-22-11-13-24-15-16-25-14-12-23-10-8-21-6-4-19/h17-19H,1-16H2. The molecule has 0 aromatic carbocycles. The molecule has 0 aromatic rings. The highest BCUT2D eigenvalue weighted by atomic mass is 16.6. The van der Waals surface area contributed by atoms with Crippen LogP contribution in [0, 0.1) is 0 Å². The van der Waals surface area contributed by atoms with E-state index in [0.29, 0.717) is 85.8 Å². The first-order chi connectivity index (χ1) is 12.4. The summed E-state index contributed by atoms with van der Waals surface area (Å²) in [6.07, 6.45) is 0. The lowest BCUT2D eigenvalue weighted by atomic mass is 10.6. The van der Waals surface area contributed by atoms with E-state index in [9.17, 15) is 0 Å². The molecule has 0 unspecified atom stereocenters. The Morgan fingerprint density at radius 3 is 1.12 bits per heavy atom. The summed E-state index contributed by atoms with van der Waals surface area (Å²) in [6.45, 7) is 7.66. The first-order valence-corrected chi connectivity index (χ1v) is 8.80. The van der Waals surface area contributed by atoms with Crippen molar-refractivity contribution in [2.24, 2.45) is 0 Å². The van der Waals surface area contributed by atoms with Gasteiger partial charge in [-0.05, 0) is 0 Å². The van der Waals surface area contributed by atoms with E-state index in [0.717, 1.165) is 6.54 Å². The zero-order chi connectivity index (χ0) is 18.3. The van der Waals surface area contributed by atoms with E-state index < -0.39 is 0 Å². The van der Waals surface area contributed by atoms with Crippen LogP contribution in [-0.2, 0) is 28.4 Å². The maximum absolute atomic E-state index is 8.57. The monoisotopic (exact) mass is 369 g/mol. The summed E-state index contributed by atoms with van der Waals surface area (Å²) in [6, 6.07) is 0. The Kier molecular flexibility index (Phi) is 23.3. The van der Waals surface area contributed by atoms with E-state index >= 15 is 0 Å². The molecule has 25 heavy (non-hydrogen) atoms. The van der Waals surface area contributed by atoms with Gasteiger partial charge in [0.15, 0.2) is 0 Å². The quantitative estimate of drug-likeness (QED) is 0.200. The maximum atomic E-state index is 8.57. The number of hydrogen-bond acceptors (Lipinski definition) is 9. The van der Waals surface area contributed by atoms with E-state index in [-0.39, 0.29) is 13.2 Å². The second-order valence-electron chi connectivity index (χ2n) is 4.87. The fraction of sp³-hybridized carbons (Fsp3) is 1.00. The van der Waals surface area contributed by atoms with E-state index in [2.05, 4.69) is 5.32 Å². The molecule has 9 heteroatoms. The van der Waals surface area contributed by atoms with Crippen LogP contribution in [0.3, 0.4) is 0 Å². The molecule has 0 aliphatic heterocycles. The Bertz CT molecular complexity index is 214. The summed E-state index contributed by atoms with van der Waals surface area (Å²) in [5.41, 5.74) is 0. The largest absolute Gasteiger partial charge is 0.395 e. The van der Waals surface area contributed by atoms with Crippen LogP contribution in [0.25, 0.3) is 0 Å². The average Bonchev–Trinajstić information content (AvgIpc) is 2.63. The van der Waals surface area contributed by atoms with Crippen LogP contribution in [0.15, 0.2) is 0 Å². The van der Waals surface area contributed by atoms with Crippen molar-refractivity contribution < 1.29 is 38.6 Å². The van der Waals surface area contributed by atoms with E-state index in [4.69, 9.17) is 38.6 Å². The lowest BCUT2D eigenvalue weighted by Gasteiger charge is -2.08. The lowest BCUT2D eigenvalue weighted by Crippen LogP contribution is -2.23. The fourth-order valence-electron chi connectivity index (χ4n) is 1.61. The molecule has 0 amide bonds. The molecule has 0 saturated carbocycles. The molecule has 3 N–H and O–H groups in total. The Hall–Kier alpha value is -0.360. The molecule has 0 heterocycles. The van der Waals surface area contributed by atoms with Gasteiger partial charge < -0.3 is 44.0 Å². The van der Waals surface area contributed by atoms with Crippen molar-refractivity contribution in [2.45, 2.75) is 0 Å². The predicted octanol–water partition coefficient (Wildman–Crippen LogP) is -1.34. The van der Waals surface area contributed by atoms with Crippen LogP contribution in [0.2, 0.25) is 0 Å². The van der Waals surface area contributed by atoms with Crippen molar-refractivity contribution in [3.8, 4) is 0 Å². The highest BCUT2D eigenvalue weighted by molar-refractivity contribution is 4.43. The maximum Gasteiger partial charge on any atom is 0.0701 e. The summed E-state index contributed by atoms with van der Waals surface area (Å²) in [5, 5.41) is 20.1. The van der Waals surface area contributed by atoms with Gasteiger partial charge in [0.1, 0.15) is 0 Å². The van der Waals surface area contributed by atoms with Gasteiger partial charge in [0.2, 0.25) is 0 Å². The van der Waals surface area contributed by atoms with E-state index in [1.807, 2.05) is 0 Å². The molecule has 0 spiro atoms. The summed E-state index contributed by atoms with van der Waals surface area (Å²) in [7, 11) is 0. The SMILES string of the molecule is OCCNCCOCCOCCOCCOCCOCCOCCO. The van der Waals surface area contributed by atoms with Crippen LogP contribution < -0.4 is 5.32 Å². The number of aliphatic hydroxyl groups excluding tert-OH is 2. The van der Waals surface area contributed by atoms with Gasteiger partial charge in [-0.15, -0.1) is 0 Å². The minimum Gasteiger partial charge on any atom is -0.395 e. The molecule has 0 atom stereocenters. The van der Waals surface area contributed by atoms with Gasteiger partial charge in [-0.3, -0.25) is 0 Å². The Morgan fingerprint density at radius 2 is 0.760 bits per heavy atom. The highest BCUT2D eigenvalue weighted by Gasteiger charge is 1.94. The van der Waals surface area contributed by atoms with Crippen molar-refractivity contribution in [3.05, 3.63) is 0 Å². The zero-order valence-corrected chi connectivity index (χ0v) is 15.2. The van der Waals surface area contributed by atoms with Crippen LogP contribution >= 0.6 is 0 Å². The van der Waals surface area contributed by atoms with Crippen molar-refractivity contribution >= 4 is 0 Å². The van der Waals surface area contributed by atoms with E-state index in [1.54, 1.807) is 0 Å². The summed E-state index contributed by atoms with van der Waals surface area (Å²) in [4.78, 5) is 0. The van der Waals surface area contributed by atoms with Crippen LogP contribution in [0.1, 0.15) is 0 Å². The molecular weight excluding hydrogens is 334 g/mol. The first-order valence-electron chi connectivity index (χ1n) is 8.80. The molecule has 0 bridgehead atoms. The van der Waals surface area contributed by atoms with Gasteiger partial charge in [-0.1, -0.05) is 0 Å². The Balaban J connectivity index is 2.94. The number of nitrogens with one attached hydrogen (secondary N) is 1. The van der Waals surface area contributed by atoms with Crippen molar-refractivity contribution in [1.29, 1.82) is 0 Å². The summed E-state index contributed by atoms with van der Waals surface area (Å²) in [5.74, 6) is 0. The third-order valence-corrected chi connectivity index (χ3v) is 2.81. The van der Waals surface area contributed by atoms with Gasteiger partial charge in [-0.2, -0.15) is 0 Å². The van der Waals surface area contributed by atoms with Gasteiger partial charge in [-0.25, -0.2) is 0 Å². The molecule has 0 rings (SSSR count). The zero-order valence-electron chi connectivity index (χ0n) is 15.2. The normalized spacial score (nSPS) is 11.3. The minimum atomic E-state index is 0.0335. The molecule has 0 aliphatic carbocycles. The van der Waals surface area contributed by atoms with Crippen LogP contribution in [0.5, 0.6) is 0 Å². The van der Waals surface area contributed by atoms with Gasteiger partial charge in [0.25, 0.3) is 0 Å². The number of hydrogen-bond donors (Lipinski definition) is 3. The fourth-order valence-corrected chi connectivity index (χ4v) is 1.61. The average molecular weight is 369 g/mol. The minimum absolute atomic E-state index is 0.0335. The molecule has 0 fully saturated rings. The van der Waals surface area contributed by atoms with Crippen molar-refractivity contribution in [2.75, 3.05) is 106 Å². The molecule has 0 saturated heterocycles. The molecule has 0 aromatic heterocycles. The van der Waals surface area contributed by atoms with Crippen LogP contribution in [-0.4, -0.2) is 116 Å². The Morgan fingerprint density at radius 1 is 0.400 bits per heavy atom. The van der Waals surface area contributed by atoms with E-state index in [1.165, 1.54) is 0 Å². The van der Waals surface area contributed by atoms with Crippen molar-refractivity contribution in [3.63, 3.8) is 0 Å². The predicted molar refractivity (Wildman–Crippen MR) is 92.0 cm³/mol. The number of rotatable bonds is 22. The summed E-state index contributed by atoms with van der Waals surface area (Å²) < 4.78 is 31.7. The second kappa shape index (κ2) is 23.6. The smallest absolute Gasteiger partial charge is 0.0701 e. The first kappa shape index (κ1) is 24.6. The van der Waals surface area contributed by atoms with Gasteiger partial charge in [0, 0.05) is 13.1 Å². The van der Waals surface area contributed by atoms with Gasteiger partial charge in [0.05, 0.1) is 92.5 Å². The topological polar surface area (TPSA) is 108 Å². The molecular formula is C16H35NO8. The second-order valence-corrected chi connectivity index (χ2v) is 4.87. The molecule has 0 radical (unpaired) electrons. The highest BCUT2D eigenvalue weighted by Crippen LogP contribution is 1.84. The molecule has 9 nitrogen and oxygen atoms in total. The third kappa shape index (κ3) is 23.6. The summed E-state index contributed by atoms with van der Waals surface area (Å²) >= 11 is 0.